The number of carbonyl (C=O) groups is 1. The molecule has 6 nitrogen and oxygen atoms in total. The SMILES string of the molecule is COCCNc1nnc(SCC(=O)N[C@H](C)c2cc(C)c(C)cc2C)s1. The van der Waals surface area contributed by atoms with Crippen LogP contribution in [0.4, 0.5) is 5.13 Å². The van der Waals surface area contributed by atoms with Gasteiger partial charge in [-0.1, -0.05) is 35.2 Å². The van der Waals surface area contributed by atoms with Crippen molar-refractivity contribution in [2.24, 2.45) is 0 Å². The molecule has 2 aromatic rings. The summed E-state index contributed by atoms with van der Waals surface area (Å²) in [4.78, 5) is 12.3. The van der Waals surface area contributed by atoms with E-state index in [9.17, 15) is 4.79 Å². The first kappa shape index (κ1) is 20.7. The molecule has 1 aromatic carbocycles. The zero-order chi connectivity index (χ0) is 19.1. The number of amides is 1. The first-order valence-corrected chi connectivity index (χ1v) is 10.3. The van der Waals surface area contributed by atoms with Gasteiger partial charge in [0.25, 0.3) is 0 Å². The lowest BCUT2D eigenvalue weighted by atomic mass is 9.96. The molecule has 0 bridgehead atoms. The summed E-state index contributed by atoms with van der Waals surface area (Å²) in [5.41, 5.74) is 4.87. The van der Waals surface area contributed by atoms with Crippen LogP contribution >= 0.6 is 23.1 Å². The van der Waals surface area contributed by atoms with E-state index >= 15 is 0 Å². The summed E-state index contributed by atoms with van der Waals surface area (Å²) >= 11 is 2.84. The summed E-state index contributed by atoms with van der Waals surface area (Å²) in [7, 11) is 1.65. The Balaban J connectivity index is 1.84. The monoisotopic (exact) mass is 394 g/mol. The Labute approximate surface area is 163 Å². The number of hydrogen-bond acceptors (Lipinski definition) is 7. The summed E-state index contributed by atoms with van der Waals surface area (Å²) in [5.74, 6) is 0.310. The van der Waals surface area contributed by atoms with Gasteiger partial charge in [-0.25, -0.2) is 0 Å². The van der Waals surface area contributed by atoms with Crippen molar-refractivity contribution in [3.05, 3.63) is 34.4 Å². The van der Waals surface area contributed by atoms with Crippen LogP contribution < -0.4 is 10.6 Å². The minimum Gasteiger partial charge on any atom is -0.383 e. The van der Waals surface area contributed by atoms with Gasteiger partial charge in [0.05, 0.1) is 18.4 Å². The summed E-state index contributed by atoms with van der Waals surface area (Å²) in [5, 5.41) is 15.1. The highest BCUT2D eigenvalue weighted by Crippen LogP contribution is 2.26. The van der Waals surface area contributed by atoms with Crippen LogP contribution in [0.15, 0.2) is 16.5 Å². The Hall–Kier alpha value is -1.64. The van der Waals surface area contributed by atoms with Gasteiger partial charge in [0.1, 0.15) is 0 Å². The van der Waals surface area contributed by atoms with Crippen LogP contribution in [-0.4, -0.2) is 42.1 Å². The van der Waals surface area contributed by atoms with E-state index in [0.29, 0.717) is 18.9 Å². The average molecular weight is 395 g/mol. The Kier molecular flexibility index (Phi) is 7.86. The van der Waals surface area contributed by atoms with Crippen molar-refractivity contribution in [2.75, 3.05) is 31.3 Å². The van der Waals surface area contributed by atoms with Crippen molar-refractivity contribution in [1.29, 1.82) is 0 Å². The highest BCUT2D eigenvalue weighted by atomic mass is 32.2. The highest BCUT2D eigenvalue weighted by molar-refractivity contribution is 8.01. The maximum atomic E-state index is 12.3. The number of rotatable bonds is 9. The van der Waals surface area contributed by atoms with Gasteiger partial charge in [-0.15, -0.1) is 10.2 Å². The third-order valence-electron chi connectivity index (χ3n) is 4.04. The molecule has 1 aromatic heterocycles. The third-order valence-corrected chi connectivity index (χ3v) is 6.06. The molecule has 0 aliphatic rings. The number of aryl methyl sites for hydroxylation is 3. The lowest BCUT2D eigenvalue weighted by molar-refractivity contribution is -0.119. The number of ether oxygens (including phenoxy) is 1. The van der Waals surface area contributed by atoms with E-state index in [4.69, 9.17) is 4.74 Å². The van der Waals surface area contributed by atoms with Crippen molar-refractivity contribution in [2.45, 2.75) is 38.1 Å². The third kappa shape index (κ3) is 5.96. The number of nitrogens with one attached hydrogen (secondary N) is 2. The van der Waals surface area contributed by atoms with Crippen LogP contribution in [-0.2, 0) is 9.53 Å². The minimum atomic E-state index is -0.0249. The molecule has 0 unspecified atom stereocenters. The smallest absolute Gasteiger partial charge is 0.230 e. The zero-order valence-corrected chi connectivity index (χ0v) is 17.5. The van der Waals surface area contributed by atoms with E-state index in [1.54, 1.807) is 7.11 Å². The van der Waals surface area contributed by atoms with Crippen LogP contribution in [0, 0.1) is 20.8 Å². The number of thioether (sulfide) groups is 1. The van der Waals surface area contributed by atoms with E-state index in [1.165, 1.54) is 39.8 Å². The molecule has 0 aliphatic carbocycles. The maximum absolute atomic E-state index is 12.3. The zero-order valence-electron chi connectivity index (χ0n) is 15.9. The van der Waals surface area contributed by atoms with E-state index < -0.39 is 0 Å². The van der Waals surface area contributed by atoms with E-state index in [-0.39, 0.29) is 11.9 Å². The molecule has 1 atom stereocenters. The van der Waals surface area contributed by atoms with Gasteiger partial charge in [0, 0.05) is 13.7 Å². The number of benzene rings is 1. The predicted molar refractivity (Wildman–Crippen MR) is 108 cm³/mol. The van der Waals surface area contributed by atoms with E-state index in [0.717, 1.165) is 15.0 Å². The number of nitrogens with zero attached hydrogens (tertiary/aromatic N) is 2. The van der Waals surface area contributed by atoms with Crippen LogP contribution in [0.1, 0.15) is 35.2 Å². The van der Waals surface area contributed by atoms with Crippen molar-refractivity contribution < 1.29 is 9.53 Å². The topological polar surface area (TPSA) is 76.1 Å². The summed E-state index contributed by atoms with van der Waals surface area (Å²) in [6.07, 6.45) is 0. The van der Waals surface area contributed by atoms with Crippen molar-refractivity contribution in [3.63, 3.8) is 0 Å². The summed E-state index contributed by atoms with van der Waals surface area (Å²) in [6, 6.07) is 4.30. The number of hydrogen-bond donors (Lipinski definition) is 2. The molecule has 1 heterocycles. The minimum absolute atomic E-state index is 0.00998. The number of anilines is 1. The van der Waals surface area contributed by atoms with Gasteiger partial charge >= 0.3 is 0 Å². The van der Waals surface area contributed by atoms with Gasteiger partial charge in [0.15, 0.2) is 4.34 Å². The highest BCUT2D eigenvalue weighted by Gasteiger charge is 2.14. The van der Waals surface area contributed by atoms with Crippen LogP contribution in [0.25, 0.3) is 0 Å². The Morgan fingerprint density at radius 3 is 2.69 bits per heavy atom. The molecule has 1 amide bonds. The van der Waals surface area contributed by atoms with Gasteiger partial charge < -0.3 is 15.4 Å². The van der Waals surface area contributed by atoms with Gasteiger partial charge in [0.2, 0.25) is 11.0 Å². The van der Waals surface area contributed by atoms with E-state index in [1.807, 2.05) is 6.92 Å². The second-order valence-corrected chi connectivity index (χ2v) is 8.36. The summed E-state index contributed by atoms with van der Waals surface area (Å²) < 4.78 is 5.75. The Morgan fingerprint density at radius 1 is 1.23 bits per heavy atom. The summed E-state index contributed by atoms with van der Waals surface area (Å²) in [6.45, 7) is 9.59. The van der Waals surface area contributed by atoms with Gasteiger partial charge in [-0.05, 0) is 49.9 Å². The van der Waals surface area contributed by atoms with E-state index in [2.05, 4.69) is 53.7 Å². The largest absolute Gasteiger partial charge is 0.383 e. The fourth-order valence-electron chi connectivity index (χ4n) is 2.54. The number of carbonyl (C=O) groups excluding carboxylic acids is 1. The molecule has 142 valence electrons. The molecule has 0 saturated carbocycles. The normalized spacial score (nSPS) is 12.0. The molecular weight excluding hydrogens is 368 g/mol. The quantitative estimate of drug-likeness (QED) is 0.501. The predicted octanol–water partition coefficient (Wildman–Crippen LogP) is 3.49. The number of methoxy groups -OCH3 is 1. The first-order valence-electron chi connectivity index (χ1n) is 8.47. The molecular formula is C18H26N4O2S2. The first-order chi connectivity index (χ1) is 12.4. The molecule has 0 fully saturated rings. The molecule has 2 N–H and O–H groups in total. The molecule has 0 spiro atoms. The molecule has 8 heteroatoms. The van der Waals surface area contributed by atoms with Crippen LogP contribution in [0.2, 0.25) is 0 Å². The maximum Gasteiger partial charge on any atom is 0.230 e. The number of aromatic nitrogens is 2. The lowest BCUT2D eigenvalue weighted by Crippen LogP contribution is -2.28. The second-order valence-electron chi connectivity index (χ2n) is 6.16. The van der Waals surface area contributed by atoms with Gasteiger partial charge in [-0.3, -0.25) is 4.79 Å². The Bertz CT molecular complexity index is 749. The molecule has 26 heavy (non-hydrogen) atoms. The van der Waals surface area contributed by atoms with Crippen LogP contribution in [0.3, 0.4) is 0 Å². The van der Waals surface area contributed by atoms with Crippen LogP contribution in [0.5, 0.6) is 0 Å². The molecule has 0 radical (unpaired) electrons. The molecule has 0 aliphatic heterocycles. The average Bonchev–Trinajstić information content (AvgIpc) is 3.04. The second kappa shape index (κ2) is 9.89. The fraction of sp³-hybridized carbons (Fsp3) is 0.500. The standard InChI is InChI=1S/C18H26N4O2S2/c1-11-8-13(3)15(9-12(11)2)14(4)20-16(23)10-25-18-22-21-17(26-18)19-6-7-24-5/h8-9,14H,6-7,10H2,1-5H3,(H,19,21)(H,20,23)/t14-/m1/s1. The van der Waals surface area contributed by atoms with Crippen molar-refractivity contribution in [3.8, 4) is 0 Å². The lowest BCUT2D eigenvalue weighted by Gasteiger charge is -2.18. The fourth-order valence-corrected chi connectivity index (χ4v) is 4.13. The van der Waals surface area contributed by atoms with Crippen molar-refractivity contribution in [1.82, 2.24) is 15.5 Å². The molecule has 2 rings (SSSR count). The molecule has 0 saturated heterocycles. The van der Waals surface area contributed by atoms with Gasteiger partial charge in [-0.2, -0.15) is 0 Å². The Morgan fingerprint density at radius 2 is 1.96 bits per heavy atom. The van der Waals surface area contributed by atoms with Crippen molar-refractivity contribution >= 4 is 34.1 Å².